The second kappa shape index (κ2) is 10.2. The van der Waals surface area contributed by atoms with Gasteiger partial charge in [-0.15, -0.1) is 0 Å². The minimum Gasteiger partial charge on any atom is -0.389 e. The van der Waals surface area contributed by atoms with Gasteiger partial charge < -0.3 is 15.2 Å². The Labute approximate surface area is 145 Å². The Morgan fingerprint density at radius 3 is 2.46 bits per heavy atom. The second-order valence-corrected chi connectivity index (χ2v) is 6.19. The second-order valence-electron chi connectivity index (χ2n) is 6.19. The van der Waals surface area contributed by atoms with E-state index in [0.29, 0.717) is 13.2 Å². The van der Waals surface area contributed by atoms with E-state index in [9.17, 15) is 5.11 Å². The molecule has 2 N–H and O–H groups in total. The summed E-state index contributed by atoms with van der Waals surface area (Å²) in [7, 11) is 0. The monoisotopic (exact) mass is 327 g/mol. The third-order valence-electron chi connectivity index (χ3n) is 4.12. The molecule has 0 aliphatic carbocycles. The maximum absolute atomic E-state index is 10.2. The van der Waals surface area contributed by atoms with E-state index in [1.165, 1.54) is 5.56 Å². The fourth-order valence-corrected chi connectivity index (χ4v) is 2.71. The number of ether oxygens (including phenoxy) is 1. The Bertz CT molecular complexity index is 585. The summed E-state index contributed by atoms with van der Waals surface area (Å²) in [6.45, 7) is 6.07. The number of hydrogen-bond acceptors (Lipinski definition) is 3. The van der Waals surface area contributed by atoms with Crippen LogP contribution in [0.25, 0.3) is 0 Å². The maximum atomic E-state index is 10.2. The molecule has 2 rings (SSSR count). The molecule has 0 aromatic heterocycles. The molecule has 0 radical (unpaired) electrons. The molecule has 2 aromatic rings. The molecule has 24 heavy (non-hydrogen) atoms. The molecule has 2 aromatic carbocycles. The number of benzene rings is 2. The summed E-state index contributed by atoms with van der Waals surface area (Å²) in [4.78, 5) is 0. The summed E-state index contributed by atoms with van der Waals surface area (Å²) < 4.78 is 6.12. The van der Waals surface area contributed by atoms with Crippen LogP contribution < -0.4 is 5.32 Å². The predicted molar refractivity (Wildman–Crippen MR) is 99.2 cm³/mol. The van der Waals surface area contributed by atoms with Crippen LogP contribution in [0.5, 0.6) is 0 Å². The molecule has 0 spiro atoms. The lowest BCUT2D eigenvalue weighted by Crippen LogP contribution is -2.31. The molecule has 0 saturated carbocycles. The number of aliphatic hydroxyl groups is 1. The number of aliphatic hydroxyl groups excluding tert-OH is 1. The fraction of sp³-hybridized carbons (Fsp3) is 0.429. The van der Waals surface area contributed by atoms with Gasteiger partial charge >= 0.3 is 0 Å². The fourth-order valence-electron chi connectivity index (χ4n) is 2.71. The van der Waals surface area contributed by atoms with Gasteiger partial charge in [-0.3, -0.25) is 0 Å². The lowest BCUT2D eigenvalue weighted by Gasteiger charge is -2.22. The Morgan fingerprint density at radius 1 is 1.04 bits per heavy atom. The van der Waals surface area contributed by atoms with Gasteiger partial charge in [0.05, 0.1) is 12.7 Å². The highest BCUT2D eigenvalue weighted by Gasteiger charge is 2.18. The quantitative estimate of drug-likeness (QED) is 0.651. The normalized spacial score (nSPS) is 13.6. The smallest absolute Gasteiger partial charge is 0.108 e. The van der Waals surface area contributed by atoms with E-state index in [1.54, 1.807) is 0 Å². The van der Waals surface area contributed by atoms with Crippen molar-refractivity contribution in [2.45, 2.75) is 38.9 Å². The van der Waals surface area contributed by atoms with Gasteiger partial charge in [0.15, 0.2) is 0 Å². The molecule has 2 atom stereocenters. The third-order valence-corrected chi connectivity index (χ3v) is 4.12. The van der Waals surface area contributed by atoms with Gasteiger partial charge in [0.2, 0.25) is 0 Å². The van der Waals surface area contributed by atoms with Crippen molar-refractivity contribution in [2.75, 3.05) is 19.7 Å². The zero-order valence-electron chi connectivity index (χ0n) is 14.7. The molecule has 130 valence electrons. The highest BCUT2D eigenvalue weighted by atomic mass is 16.5. The van der Waals surface area contributed by atoms with Crippen LogP contribution >= 0.6 is 0 Å². The SMILES string of the molecule is CCCCNC[C@H](O)CO[C@@H](c1ccccc1)c1ccccc1C. The molecule has 3 heteroatoms. The van der Waals surface area contributed by atoms with Crippen molar-refractivity contribution < 1.29 is 9.84 Å². The van der Waals surface area contributed by atoms with Crippen LogP contribution in [0, 0.1) is 6.92 Å². The number of unbranched alkanes of at least 4 members (excludes halogenated alkanes) is 1. The van der Waals surface area contributed by atoms with E-state index in [1.807, 2.05) is 30.3 Å². The van der Waals surface area contributed by atoms with Crippen molar-refractivity contribution in [1.29, 1.82) is 0 Å². The van der Waals surface area contributed by atoms with Gasteiger partial charge in [-0.25, -0.2) is 0 Å². The summed E-state index contributed by atoms with van der Waals surface area (Å²) in [5.41, 5.74) is 3.45. The van der Waals surface area contributed by atoms with Crippen LogP contribution in [0.4, 0.5) is 0 Å². The van der Waals surface area contributed by atoms with E-state index in [-0.39, 0.29) is 6.10 Å². The van der Waals surface area contributed by atoms with Crippen molar-refractivity contribution in [3.63, 3.8) is 0 Å². The van der Waals surface area contributed by atoms with Gasteiger partial charge in [0, 0.05) is 6.54 Å². The largest absolute Gasteiger partial charge is 0.389 e. The highest BCUT2D eigenvalue weighted by molar-refractivity contribution is 5.35. The van der Waals surface area contributed by atoms with Gasteiger partial charge in [-0.05, 0) is 36.6 Å². The maximum Gasteiger partial charge on any atom is 0.108 e. The Balaban J connectivity index is 2.01. The van der Waals surface area contributed by atoms with Gasteiger partial charge in [0.1, 0.15) is 6.10 Å². The van der Waals surface area contributed by atoms with Crippen molar-refractivity contribution in [3.05, 3.63) is 71.3 Å². The highest BCUT2D eigenvalue weighted by Crippen LogP contribution is 2.28. The molecule has 0 aliphatic heterocycles. The summed E-state index contributed by atoms with van der Waals surface area (Å²) in [5, 5.41) is 13.4. The average molecular weight is 327 g/mol. The molecular weight excluding hydrogens is 298 g/mol. The molecule has 0 bridgehead atoms. The van der Waals surface area contributed by atoms with Gasteiger partial charge in [0.25, 0.3) is 0 Å². The van der Waals surface area contributed by atoms with E-state index in [0.717, 1.165) is 30.5 Å². The predicted octanol–water partition coefficient (Wildman–Crippen LogP) is 3.85. The standard InChI is InChI=1S/C21H29NO2/c1-3-4-14-22-15-19(23)16-24-21(18-11-6-5-7-12-18)20-13-9-8-10-17(20)2/h5-13,19,21-23H,3-4,14-16H2,1-2H3/t19-,21-/m0/s1. The number of aryl methyl sites for hydroxylation is 1. The van der Waals surface area contributed by atoms with Crippen LogP contribution in [0.15, 0.2) is 54.6 Å². The van der Waals surface area contributed by atoms with E-state index in [2.05, 4.69) is 43.4 Å². The summed E-state index contributed by atoms with van der Waals surface area (Å²) in [6, 6.07) is 18.4. The zero-order valence-corrected chi connectivity index (χ0v) is 14.7. The molecule has 0 amide bonds. The van der Waals surface area contributed by atoms with Crippen molar-refractivity contribution in [3.8, 4) is 0 Å². The third kappa shape index (κ3) is 5.75. The summed E-state index contributed by atoms with van der Waals surface area (Å²) >= 11 is 0. The minimum atomic E-state index is -0.503. The number of nitrogens with one attached hydrogen (secondary N) is 1. The summed E-state index contributed by atoms with van der Waals surface area (Å²) in [5.74, 6) is 0. The minimum absolute atomic E-state index is 0.155. The first-order chi connectivity index (χ1) is 11.7. The first-order valence-corrected chi connectivity index (χ1v) is 8.83. The van der Waals surface area contributed by atoms with Crippen LogP contribution in [0.2, 0.25) is 0 Å². The first-order valence-electron chi connectivity index (χ1n) is 8.83. The Kier molecular flexibility index (Phi) is 7.96. The lowest BCUT2D eigenvalue weighted by molar-refractivity contribution is 0.00644. The van der Waals surface area contributed by atoms with E-state index < -0.39 is 6.10 Å². The number of rotatable bonds is 10. The van der Waals surface area contributed by atoms with Gasteiger partial charge in [-0.1, -0.05) is 67.9 Å². The molecule has 0 unspecified atom stereocenters. The Hall–Kier alpha value is -1.68. The summed E-state index contributed by atoms with van der Waals surface area (Å²) in [6.07, 6.45) is 1.63. The molecule has 0 saturated heterocycles. The van der Waals surface area contributed by atoms with E-state index in [4.69, 9.17) is 4.74 Å². The van der Waals surface area contributed by atoms with Crippen molar-refractivity contribution in [2.24, 2.45) is 0 Å². The Morgan fingerprint density at radius 2 is 1.75 bits per heavy atom. The molecule has 0 heterocycles. The molecule has 0 fully saturated rings. The number of hydrogen-bond donors (Lipinski definition) is 2. The lowest BCUT2D eigenvalue weighted by atomic mass is 9.97. The average Bonchev–Trinajstić information content (AvgIpc) is 2.61. The molecule has 0 aliphatic rings. The van der Waals surface area contributed by atoms with Crippen LogP contribution in [-0.2, 0) is 4.74 Å². The van der Waals surface area contributed by atoms with Crippen LogP contribution in [-0.4, -0.2) is 30.9 Å². The van der Waals surface area contributed by atoms with Crippen LogP contribution in [0.3, 0.4) is 0 Å². The molecular formula is C21H29NO2. The van der Waals surface area contributed by atoms with E-state index >= 15 is 0 Å². The van der Waals surface area contributed by atoms with Crippen molar-refractivity contribution in [1.82, 2.24) is 5.32 Å². The first kappa shape index (κ1) is 18.7. The topological polar surface area (TPSA) is 41.5 Å². The molecule has 3 nitrogen and oxygen atoms in total. The van der Waals surface area contributed by atoms with Crippen molar-refractivity contribution >= 4 is 0 Å². The zero-order chi connectivity index (χ0) is 17.2. The van der Waals surface area contributed by atoms with Gasteiger partial charge in [-0.2, -0.15) is 0 Å². The van der Waals surface area contributed by atoms with Crippen LogP contribution in [0.1, 0.15) is 42.6 Å².